The number of nitrogens with zero attached hydrogens (tertiary/aromatic N) is 1. The van der Waals surface area contributed by atoms with Crippen LogP contribution in [0.2, 0.25) is 0 Å². The molecule has 2 fully saturated rings. The molecule has 108 valence electrons. The van der Waals surface area contributed by atoms with E-state index in [-0.39, 0.29) is 12.1 Å². The molecule has 0 bridgehead atoms. The summed E-state index contributed by atoms with van der Waals surface area (Å²) in [6, 6.07) is 8.92. The highest BCUT2D eigenvalue weighted by Gasteiger charge is 2.38. The van der Waals surface area contributed by atoms with Crippen LogP contribution in [-0.2, 0) is 4.79 Å². The zero-order chi connectivity index (χ0) is 14.1. The van der Waals surface area contributed by atoms with Crippen LogP contribution in [0.4, 0.5) is 0 Å². The van der Waals surface area contributed by atoms with Gasteiger partial charge in [-0.1, -0.05) is 49.6 Å². The second kappa shape index (κ2) is 5.57. The summed E-state index contributed by atoms with van der Waals surface area (Å²) < 4.78 is 0. The summed E-state index contributed by atoms with van der Waals surface area (Å²) in [4.78, 5) is 14.4. The van der Waals surface area contributed by atoms with Gasteiger partial charge in [-0.25, -0.2) is 0 Å². The van der Waals surface area contributed by atoms with Gasteiger partial charge in [-0.15, -0.1) is 0 Å². The first kappa shape index (κ1) is 13.6. The number of nitrogens with one attached hydrogen (secondary N) is 1. The Labute approximate surface area is 121 Å². The maximum Gasteiger partial charge on any atom is 0.238 e. The van der Waals surface area contributed by atoms with Gasteiger partial charge in [-0.2, -0.15) is 0 Å². The third-order valence-corrected chi connectivity index (χ3v) is 4.57. The number of benzene rings is 1. The zero-order valence-electron chi connectivity index (χ0n) is 12.4. The van der Waals surface area contributed by atoms with Crippen LogP contribution in [0.3, 0.4) is 0 Å². The molecule has 1 saturated heterocycles. The Morgan fingerprint density at radius 3 is 2.60 bits per heavy atom. The topological polar surface area (TPSA) is 32.3 Å². The monoisotopic (exact) mass is 272 g/mol. The van der Waals surface area contributed by atoms with E-state index in [1.54, 1.807) is 0 Å². The van der Waals surface area contributed by atoms with Crippen LogP contribution in [0.15, 0.2) is 24.3 Å². The highest BCUT2D eigenvalue weighted by Crippen LogP contribution is 2.37. The maximum atomic E-state index is 12.3. The van der Waals surface area contributed by atoms with E-state index in [9.17, 15) is 4.79 Å². The molecule has 1 heterocycles. The molecule has 0 spiro atoms. The number of hydrogen-bond acceptors (Lipinski definition) is 2. The van der Waals surface area contributed by atoms with Crippen LogP contribution in [0.25, 0.3) is 0 Å². The van der Waals surface area contributed by atoms with E-state index in [0.29, 0.717) is 12.6 Å². The summed E-state index contributed by atoms with van der Waals surface area (Å²) in [6.07, 6.45) is 4.98. The van der Waals surface area contributed by atoms with Crippen LogP contribution in [0.1, 0.15) is 49.9 Å². The molecule has 20 heavy (non-hydrogen) atoms. The molecule has 3 nitrogen and oxygen atoms in total. The summed E-state index contributed by atoms with van der Waals surface area (Å²) >= 11 is 0. The van der Waals surface area contributed by atoms with E-state index < -0.39 is 0 Å². The fraction of sp³-hybridized carbons (Fsp3) is 0.588. The molecule has 2 aliphatic rings. The molecular formula is C17H24N2O. The molecule has 3 heteroatoms. The SMILES string of the molecule is CCC(CC1CC1)N1C(=O)CNC1c1ccc(C)cc1. The van der Waals surface area contributed by atoms with Crippen molar-refractivity contribution in [2.75, 3.05) is 6.54 Å². The predicted molar refractivity (Wildman–Crippen MR) is 80.2 cm³/mol. The molecule has 1 aromatic carbocycles. The summed E-state index contributed by atoms with van der Waals surface area (Å²) in [5.74, 6) is 1.11. The Hall–Kier alpha value is -1.35. The Bertz CT molecular complexity index is 478. The molecule has 1 saturated carbocycles. The zero-order valence-corrected chi connectivity index (χ0v) is 12.4. The van der Waals surface area contributed by atoms with Crippen LogP contribution in [-0.4, -0.2) is 23.4 Å². The quantitative estimate of drug-likeness (QED) is 0.893. The molecule has 2 unspecified atom stereocenters. The van der Waals surface area contributed by atoms with Gasteiger partial charge >= 0.3 is 0 Å². The minimum Gasteiger partial charge on any atom is -0.319 e. The molecule has 1 aliphatic heterocycles. The van der Waals surface area contributed by atoms with E-state index in [4.69, 9.17) is 0 Å². The number of carbonyl (C=O) groups excluding carboxylic acids is 1. The maximum absolute atomic E-state index is 12.3. The van der Waals surface area contributed by atoms with Gasteiger partial charge in [0.2, 0.25) is 5.91 Å². The lowest BCUT2D eigenvalue weighted by Crippen LogP contribution is -2.39. The van der Waals surface area contributed by atoms with E-state index in [1.807, 2.05) is 0 Å². The van der Waals surface area contributed by atoms with Crippen molar-refractivity contribution in [1.29, 1.82) is 0 Å². The summed E-state index contributed by atoms with van der Waals surface area (Å²) in [7, 11) is 0. The first-order valence-corrected chi connectivity index (χ1v) is 7.80. The average molecular weight is 272 g/mol. The van der Waals surface area contributed by atoms with Gasteiger partial charge in [0.15, 0.2) is 0 Å². The Kier molecular flexibility index (Phi) is 3.79. The van der Waals surface area contributed by atoms with Crippen LogP contribution >= 0.6 is 0 Å². The number of amides is 1. The van der Waals surface area contributed by atoms with E-state index in [2.05, 4.69) is 48.3 Å². The number of rotatable bonds is 5. The number of hydrogen-bond donors (Lipinski definition) is 1. The highest BCUT2D eigenvalue weighted by molar-refractivity contribution is 5.81. The standard InChI is InChI=1S/C17H24N2O/c1-3-15(10-13-6-7-13)19-16(20)11-18-17(19)14-8-4-12(2)5-9-14/h4-5,8-9,13,15,17-18H,3,6-7,10-11H2,1-2H3. The Morgan fingerprint density at radius 2 is 2.00 bits per heavy atom. The average Bonchev–Trinajstić information content (AvgIpc) is 3.19. The van der Waals surface area contributed by atoms with Gasteiger partial charge in [0.25, 0.3) is 0 Å². The van der Waals surface area contributed by atoms with Gasteiger partial charge in [0.1, 0.15) is 6.17 Å². The lowest BCUT2D eigenvalue weighted by Gasteiger charge is -2.32. The second-order valence-corrected chi connectivity index (χ2v) is 6.24. The van der Waals surface area contributed by atoms with E-state index in [1.165, 1.54) is 30.4 Å². The van der Waals surface area contributed by atoms with Crippen molar-refractivity contribution in [2.24, 2.45) is 5.92 Å². The summed E-state index contributed by atoms with van der Waals surface area (Å²) in [5.41, 5.74) is 2.46. The summed E-state index contributed by atoms with van der Waals surface area (Å²) in [6.45, 7) is 4.77. The number of aryl methyl sites for hydroxylation is 1. The minimum atomic E-state index is 0.0619. The lowest BCUT2D eigenvalue weighted by atomic mass is 10.0. The molecule has 1 aromatic rings. The molecule has 1 amide bonds. The van der Waals surface area contributed by atoms with Gasteiger partial charge in [-0.05, 0) is 31.2 Å². The molecule has 0 radical (unpaired) electrons. The largest absolute Gasteiger partial charge is 0.319 e. The van der Waals surface area contributed by atoms with Crippen LogP contribution in [0, 0.1) is 12.8 Å². The van der Waals surface area contributed by atoms with Gasteiger partial charge in [0, 0.05) is 6.04 Å². The second-order valence-electron chi connectivity index (χ2n) is 6.24. The lowest BCUT2D eigenvalue weighted by molar-refractivity contribution is -0.130. The molecular weight excluding hydrogens is 248 g/mol. The highest BCUT2D eigenvalue weighted by atomic mass is 16.2. The minimum absolute atomic E-state index is 0.0619. The van der Waals surface area contributed by atoms with Gasteiger partial charge in [-0.3, -0.25) is 10.1 Å². The molecule has 1 aliphatic carbocycles. The van der Waals surface area contributed by atoms with Crippen molar-refractivity contribution in [3.63, 3.8) is 0 Å². The third kappa shape index (κ3) is 2.73. The number of carbonyl (C=O) groups is 1. The first-order chi connectivity index (χ1) is 9.69. The smallest absolute Gasteiger partial charge is 0.238 e. The van der Waals surface area contributed by atoms with Crippen molar-refractivity contribution in [3.05, 3.63) is 35.4 Å². The predicted octanol–water partition coefficient (Wildman–Crippen LogP) is 3.00. The normalized spacial score (nSPS) is 24.2. The van der Waals surface area contributed by atoms with Gasteiger partial charge < -0.3 is 4.90 Å². The first-order valence-electron chi connectivity index (χ1n) is 7.80. The molecule has 2 atom stereocenters. The van der Waals surface area contributed by atoms with Crippen molar-refractivity contribution < 1.29 is 4.79 Å². The fourth-order valence-corrected chi connectivity index (χ4v) is 3.17. The third-order valence-electron chi connectivity index (χ3n) is 4.57. The van der Waals surface area contributed by atoms with Crippen LogP contribution in [0.5, 0.6) is 0 Å². The fourth-order valence-electron chi connectivity index (χ4n) is 3.17. The van der Waals surface area contributed by atoms with E-state index >= 15 is 0 Å². The van der Waals surface area contributed by atoms with Crippen molar-refractivity contribution >= 4 is 5.91 Å². The van der Waals surface area contributed by atoms with Crippen molar-refractivity contribution in [3.8, 4) is 0 Å². The van der Waals surface area contributed by atoms with Crippen molar-refractivity contribution in [1.82, 2.24) is 10.2 Å². The van der Waals surface area contributed by atoms with Gasteiger partial charge in [0.05, 0.1) is 6.54 Å². The van der Waals surface area contributed by atoms with Crippen LogP contribution < -0.4 is 5.32 Å². The van der Waals surface area contributed by atoms with Crippen molar-refractivity contribution in [2.45, 2.75) is 51.7 Å². The molecule has 1 N–H and O–H groups in total. The summed E-state index contributed by atoms with van der Waals surface area (Å²) in [5, 5.41) is 3.38. The molecule has 3 rings (SSSR count). The Balaban J connectivity index is 1.81. The molecule has 0 aromatic heterocycles. The Morgan fingerprint density at radius 1 is 1.30 bits per heavy atom. The van der Waals surface area contributed by atoms with E-state index in [0.717, 1.165) is 12.3 Å².